The fourth-order valence-corrected chi connectivity index (χ4v) is 4.88. The summed E-state index contributed by atoms with van der Waals surface area (Å²) in [4.78, 5) is 17.0. The van der Waals surface area contributed by atoms with E-state index in [2.05, 4.69) is 27.6 Å². The van der Waals surface area contributed by atoms with Crippen LogP contribution in [-0.2, 0) is 5.75 Å². The van der Waals surface area contributed by atoms with Gasteiger partial charge < -0.3 is 0 Å². The van der Waals surface area contributed by atoms with Crippen molar-refractivity contribution in [2.75, 3.05) is 0 Å². The summed E-state index contributed by atoms with van der Waals surface area (Å²) in [6.45, 7) is 1.81. The van der Waals surface area contributed by atoms with E-state index in [-0.39, 0.29) is 5.91 Å². The number of aromatic nitrogens is 1. The van der Waals surface area contributed by atoms with E-state index in [4.69, 9.17) is 5.26 Å². The van der Waals surface area contributed by atoms with E-state index in [1.54, 1.807) is 59.5 Å². The van der Waals surface area contributed by atoms with Crippen molar-refractivity contribution in [1.29, 1.82) is 5.26 Å². The van der Waals surface area contributed by atoms with Gasteiger partial charge in [0.1, 0.15) is 0 Å². The number of thiazole rings is 1. The molecule has 0 atom stereocenters. The molecule has 0 spiro atoms. The maximum Gasteiger partial charge on any atom is 0.271 e. The molecule has 1 amide bonds. The molecule has 0 aliphatic rings. The number of rotatable bonds is 6. The number of para-hydroxylation sites is 1. The average molecular weight is 443 g/mol. The van der Waals surface area contributed by atoms with Gasteiger partial charge in [0, 0.05) is 11.3 Å². The predicted molar refractivity (Wildman–Crippen MR) is 126 cm³/mol. The minimum atomic E-state index is -0.265. The van der Waals surface area contributed by atoms with Crippen molar-refractivity contribution in [3.63, 3.8) is 0 Å². The topological polar surface area (TPSA) is 78.1 Å². The summed E-state index contributed by atoms with van der Waals surface area (Å²) >= 11 is 3.38. The third kappa shape index (κ3) is 5.18. The highest BCUT2D eigenvalue weighted by Crippen LogP contribution is 2.31. The third-order valence-electron chi connectivity index (χ3n) is 4.61. The quantitative estimate of drug-likeness (QED) is 0.239. The first-order valence-electron chi connectivity index (χ1n) is 9.55. The van der Waals surface area contributed by atoms with Gasteiger partial charge in [0.25, 0.3) is 5.91 Å². The molecule has 7 heteroatoms. The van der Waals surface area contributed by atoms with Crippen molar-refractivity contribution in [2.45, 2.75) is 17.0 Å². The highest BCUT2D eigenvalue weighted by molar-refractivity contribution is 8.00. The number of hydrogen-bond acceptors (Lipinski definition) is 6. The fraction of sp³-hybridized carbons (Fsp3) is 0.0833. The van der Waals surface area contributed by atoms with Gasteiger partial charge in [-0.2, -0.15) is 10.4 Å². The third-order valence-corrected chi connectivity index (χ3v) is 6.86. The molecule has 0 saturated heterocycles. The lowest BCUT2D eigenvalue weighted by Crippen LogP contribution is -2.19. The number of carbonyl (C=O) groups excluding carboxylic acids is 1. The summed E-state index contributed by atoms with van der Waals surface area (Å²) in [6.07, 6.45) is 0. The number of hydrogen-bond donors (Lipinski definition) is 1. The molecule has 3 aromatic carbocycles. The Labute approximate surface area is 188 Å². The van der Waals surface area contributed by atoms with Crippen LogP contribution < -0.4 is 5.43 Å². The molecule has 0 saturated carbocycles. The van der Waals surface area contributed by atoms with Crippen molar-refractivity contribution >= 4 is 44.9 Å². The Morgan fingerprint density at radius 1 is 1.06 bits per heavy atom. The Kier molecular flexibility index (Phi) is 6.41. The SMILES string of the molecule is C/C(=N/NC(=O)c1ccc(CSc2nc3ccccc3s2)cc1)c1ccc(C#N)cc1. The highest BCUT2D eigenvalue weighted by Gasteiger charge is 2.07. The number of hydrazone groups is 1. The zero-order chi connectivity index (χ0) is 21.6. The van der Waals surface area contributed by atoms with E-state index in [0.29, 0.717) is 16.8 Å². The number of thioether (sulfide) groups is 1. The lowest BCUT2D eigenvalue weighted by Gasteiger charge is -2.05. The first-order chi connectivity index (χ1) is 15.1. The maximum absolute atomic E-state index is 12.4. The number of nitriles is 1. The molecule has 5 nitrogen and oxygen atoms in total. The molecule has 0 bridgehead atoms. The molecular formula is C24H18N4OS2. The Morgan fingerprint density at radius 3 is 2.48 bits per heavy atom. The number of nitrogens with zero attached hydrogens (tertiary/aromatic N) is 3. The summed E-state index contributed by atoms with van der Waals surface area (Å²) in [6, 6.07) is 24.8. The van der Waals surface area contributed by atoms with Gasteiger partial charge in [-0.1, -0.05) is 48.2 Å². The Hall–Kier alpha value is -3.47. The van der Waals surface area contributed by atoms with Gasteiger partial charge in [-0.3, -0.25) is 4.79 Å². The van der Waals surface area contributed by atoms with Crippen LogP contribution in [0, 0.1) is 11.3 Å². The standard InChI is InChI=1S/C24H18N4OS2/c1-16(19-10-6-17(14-25)7-11-19)27-28-23(29)20-12-8-18(9-13-20)15-30-24-26-21-4-2-3-5-22(21)31-24/h2-13H,15H2,1H3,(H,28,29)/b27-16-. The van der Waals surface area contributed by atoms with Crippen LogP contribution in [-0.4, -0.2) is 16.6 Å². The minimum Gasteiger partial charge on any atom is -0.267 e. The van der Waals surface area contributed by atoms with Gasteiger partial charge in [0.05, 0.1) is 27.6 Å². The van der Waals surface area contributed by atoms with Crippen LogP contribution in [0.1, 0.15) is 34.0 Å². The molecule has 1 heterocycles. The second-order valence-electron chi connectivity index (χ2n) is 6.76. The lowest BCUT2D eigenvalue weighted by atomic mass is 10.1. The van der Waals surface area contributed by atoms with Crippen molar-refractivity contribution in [3.8, 4) is 6.07 Å². The fourth-order valence-electron chi connectivity index (χ4n) is 2.86. The predicted octanol–water partition coefficient (Wildman–Crippen LogP) is 5.61. The second-order valence-corrected chi connectivity index (χ2v) is 9.01. The molecule has 4 rings (SSSR count). The number of benzene rings is 3. The van der Waals surface area contributed by atoms with Crippen LogP contribution in [0.5, 0.6) is 0 Å². The van der Waals surface area contributed by atoms with E-state index in [1.807, 2.05) is 37.3 Å². The van der Waals surface area contributed by atoms with Gasteiger partial charge in [-0.05, 0) is 54.4 Å². The van der Waals surface area contributed by atoms with E-state index >= 15 is 0 Å². The first-order valence-corrected chi connectivity index (χ1v) is 11.3. The van der Waals surface area contributed by atoms with Gasteiger partial charge >= 0.3 is 0 Å². The number of carbonyl (C=O) groups is 1. The van der Waals surface area contributed by atoms with Gasteiger partial charge in [0.15, 0.2) is 4.34 Å². The van der Waals surface area contributed by atoms with E-state index < -0.39 is 0 Å². The Morgan fingerprint density at radius 2 is 1.77 bits per heavy atom. The van der Waals surface area contributed by atoms with Crippen molar-refractivity contribution < 1.29 is 4.79 Å². The van der Waals surface area contributed by atoms with E-state index in [0.717, 1.165) is 26.7 Å². The molecular weight excluding hydrogens is 424 g/mol. The van der Waals surface area contributed by atoms with Crippen LogP contribution in [0.4, 0.5) is 0 Å². The van der Waals surface area contributed by atoms with Crippen LogP contribution in [0.3, 0.4) is 0 Å². The zero-order valence-corrected chi connectivity index (χ0v) is 18.3. The average Bonchev–Trinajstić information content (AvgIpc) is 3.24. The normalized spacial score (nSPS) is 11.3. The molecule has 4 aromatic rings. The number of fused-ring (bicyclic) bond motifs is 1. The smallest absolute Gasteiger partial charge is 0.267 e. The highest BCUT2D eigenvalue weighted by atomic mass is 32.2. The van der Waals surface area contributed by atoms with Crippen LogP contribution >= 0.6 is 23.1 Å². The molecule has 0 unspecified atom stereocenters. The zero-order valence-electron chi connectivity index (χ0n) is 16.7. The van der Waals surface area contributed by atoms with Crippen LogP contribution in [0.25, 0.3) is 10.2 Å². The summed E-state index contributed by atoms with van der Waals surface area (Å²) in [7, 11) is 0. The molecule has 0 aliphatic heterocycles. The largest absolute Gasteiger partial charge is 0.271 e. The van der Waals surface area contributed by atoms with Crippen LogP contribution in [0.15, 0.2) is 82.2 Å². The Balaban J connectivity index is 1.34. The van der Waals surface area contributed by atoms with Crippen molar-refractivity contribution in [1.82, 2.24) is 10.4 Å². The molecule has 1 N–H and O–H groups in total. The van der Waals surface area contributed by atoms with Crippen molar-refractivity contribution in [3.05, 3.63) is 95.1 Å². The Bertz CT molecular complexity index is 1250. The molecule has 0 aliphatic carbocycles. The molecule has 1 aromatic heterocycles. The monoisotopic (exact) mass is 442 g/mol. The van der Waals surface area contributed by atoms with Gasteiger partial charge in [-0.25, -0.2) is 10.4 Å². The van der Waals surface area contributed by atoms with Crippen molar-refractivity contribution in [2.24, 2.45) is 5.10 Å². The summed E-state index contributed by atoms with van der Waals surface area (Å²) in [5, 5.41) is 13.0. The van der Waals surface area contributed by atoms with Crippen LogP contribution in [0.2, 0.25) is 0 Å². The number of amides is 1. The molecule has 31 heavy (non-hydrogen) atoms. The summed E-state index contributed by atoms with van der Waals surface area (Å²) in [5.74, 6) is 0.524. The van der Waals surface area contributed by atoms with Gasteiger partial charge in [0.2, 0.25) is 0 Å². The summed E-state index contributed by atoms with van der Waals surface area (Å²) in [5.41, 5.74) is 7.39. The molecule has 0 fully saturated rings. The van der Waals surface area contributed by atoms with E-state index in [1.165, 1.54) is 4.70 Å². The van der Waals surface area contributed by atoms with E-state index in [9.17, 15) is 4.79 Å². The molecule has 152 valence electrons. The maximum atomic E-state index is 12.4. The molecule has 0 radical (unpaired) electrons. The first kappa shape index (κ1) is 20.8. The second kappa shape index (κ2) is 9.56. The minimum absolute atomic E-state index is 0.265. The summed E-state index contributed by atoms with van der Waals surface area (Å²) < 4.78 is 2.23. The number of nitrogens with one attached hydrogen (secondary N) is 1. The lowest BCUT2D eigenvalue weighted by molar-refractivity contribution is 0.0955. The van der Waals surface area contributed by atoms with Gasteiger partial charge in [-0.15, -0.1) is 11.3 Å².